The smallest absolute Gasteiger partial charge is 0.151 e. The molecular formula is C14H17FN4. The molecule has 1 aliphatic heterocycles. The summed E-state index contributed by atoms with van der Waals surface area (Å²) in [6.07, 6.45) is 2.17. The van der Waals surface area contributed by atoms with Crippen LogP contribution in [0.4, 0.5) is 10.2 Å². The summed E-state index contributed by atoms with van der Waals surface area (Å²) >= 11 is 0. The van der Waals surface area contributed by atoms with Crippen molar-refractivity contribution >= 4 is 5.82 Å². The van der Waals surface area contributed by atoms with Gasteiger partial charge in [-0.25, -0.2) is 4.39 Å². The summed E-state index contributed by atoms with van der Waals surface area (Å²) in [5.41, 5.74) is 7.80. The Morgan fingerprint density at radius 1 is 1.32 bits per heavy atom. The summed E-state index contributed by atoms with van der Waals surface area (Å²) < 4.78 is 12.9. The maximum absolute atomic E-state index is 12.9. The van der Waals surface area contributed by atoms with Crippen LogP contribution >= 0.6 is 0 Å². The number of rotatable bonds is 2. The number of anilines is 1. The van der Waals surface area contributed by atoms with Crippen molar-refractivity contribution in [3.05, 3.63) is 36.1 Å². The lowest BCUT2D eigenvalue weighted by molar-refractivity contribution is 0.503. The molecule has 0 aliphatic carbocycles. The SMILES string of the molecule is NC1CCCN(c2cc(-c3ccc(F)cc3)[nH]n2)C1. The van der Waals surface area contributed by atoms with Crippen molar-refractivity contribution < 1.29 is 4.39 Å². The highest BCUT2D eigenvalue weighted by Crippen LogP contribution is 2.23. The molecule has 5 heteroatoms. The Balaban J connectivity index is 1.81. The maximum atomic E-state index is 12.9. The largest absolute Gasteiger partial charge is 0.354 e. The van der Waals surface area contributed by atoms with Crippen molar-refractivity contribution in [3.63, 3.8) is 0 Å². The van der Waals surface area contributed by atoms with Gasteiger partial charge in [0.1, 0.15) is 5.82 Å². The number of H-pyrrole nitrogens is 1. The Labute approximate surface area is 111 Å². The summed E-state index contributed by atoms with van der Waals surface area (Å²) in [5.74, 6) is 0.681. The van der Waals surface area contributed by atoms with Crippen LogP contribution in [-0.4, -0.2) is 29.3 Å². The number of halogens is 1. The van der Waals surface area contributed by atoms with Gasteiger partial charge in [-0.3, -0.25) is 5.10 Å². The number of nitrogens with one attached hydrogen (secondary N) is 1. The Morgan fingerprint density at radius 3 is 2.84 bits per heavy atom. The standard InChI is InChI=1S/C14H17FN4/c15-11-5-3-10(4-6-11)13-8-14(18-17-13)19-7-1-2-12(16)9-19/h3-6,8,12H,1-2,7,9,16H2,(H,17,18). The first-order valence-electron chi connectivity index (χ1n) is 6.54. The third-order valence-corrected chi connectivity index (χ3v) is 3.50. The summed E-state index contributed by atoms with van der Waals surface area (Å²) in [5, 5.41) is 7.32. The van der Waals surface area contributed by atoms with Crippen LogP contribution in [0.3, 0.4) is 0 Å². The highest BCUT2D eigenvalue weighted by molar-refractivity contribution is 5.63. The molecule has 3 rings (SSSR count). The number of aromatic nitrogens is 2. The number of nitrogens with two attached hydrogens (primary N) is 1. The van der Waals surface area contributed by atoms with Crippen LogP contribution < -0.4 is 10.6 Å². The highest BCUT2D eigenvalue weighted by atomic mass is 19.1. The van der Waals surface area contributed by atoms with Gasteiger partial charge < -0.3 is 10.6 Å². The molecule has 1 unspecified atom stereocenters. The molecule has 1 saturated heterocycles. The van der Waals surface area contributed by atoms with E-state index >= 15 is 0 Å². The minimum atomic E-state index is -0.231. The molecule has 1 aliphatic rings. The van der Waals surface area contributed by atoms with E-state index in [1.54, 1.807) is 12.1 Å². The van der Waals surface area contributed by atoms with E-state index in [9.17, 15) is 4.39 Å². The van der Waals surface area contributed by atoms with Crippen molar-refractivity contribution in [1.82, 2.24) is 10.2 Å². The lowest BCUT2D eigenvalue weighted by Gasteiger charge is -2.30. The van der Waals surface area contributed by atoms with E-state index in [1.807, 2.05) is 6.07 Å². The van der Waals surface area contributed by atoms with Gasteiger partial charge >= 0.3 is 0 Å². The van der Waals surface area contributed by atoms with Gasteiger partial charge in [-0.15, -0.1) is 0 Å². The molecule has 1 atom stereocenters. The third kappa shape index (κ3) is 2.61. The fourth-order valence-corrected chi connectivity index (χ4v) is 2.47. The summed E-state index contributed by atoms with van der Waals surface area (Å²) in [6, 6.07) is 8.60. The Morgan fingerprint density at radius 2 is 2.11 bits per heavy atom. The van der Waals surface area contributed by atoms with Crippen LogP contribution in [0.25, 0.3) is 11.3 Å². The first kappa shape index (κ1) is 12.2. The second-order valence-corrected chi connectivity index (χ2v) is 5.00. The zero-order valence-electron chi connectivity index (χ0n) is 10.6. The van der Waals surface area contributed by atoms with Gasteiger partial charge in [-0.2, -0.15) is 5.10 Å². The van der Waals surface area contributed by atoms with Crippen molar-refractivity contribution in [2.24, 2.45) is 5.73 Å². The zero-order valence-corrected chi connectivity index (χ0v) is 10.6. The molecule has 1 aromatic heterocycles. The number of benzene rings is 1. The molecule has 4 nitrogen and oxygen atoms in total. The molecule has 2 aromatic rings. The van der Waals surface area contributed by atoms with E-state index in [4.69, 9.17) is 5.73 Å². The van der Waals surface area contributed by atoms with Crippen molar-refractivity contribution in [2.45, 2.75) is 18.9 Å². The van der Waals surface area contributed by atoms with Gasteiger partial charge in [0.05, 0.1) is 5.69 Å². The van der Waals surface area contributed by atoms with E-state index in [0.717, 1.165) is 43.0 Å². The summed E-state index contributed by atoms with van der Waals surface area (Å²) in [6.45, 7) is 1.83. The van der Waals surface area contributed by atoms with Crippen LogP contribution in [-0.2, 0) is 0 Å². The van der Waals surface area contributed by atoms with Crippen LogP contribution in [0.1, 0.15) is 12.8 Å². The second-order valence-electron chi connectivity index (χ2n) is 5.00. The molecule has 0 amide bonds. The fraction of sp³-hybridized carbons (Fsp3) is 0.357. The lowest BCUT2D eigenvalue weighted by atomic mass is 10.1. The Bertz CT molecular complexity index is 549. The zero-order chi connectivity index (χ0) is 13.2. The quantitative estimate of drug-likeness (QED) is 0.869. The van der Waals surface area contributed by atoms with Gasteiger partial charge in [0.25, 0.3) is 0 Å². The minimum absolute atomic E-state index is 0.222. The Kier molecular flexibility index (Phi) is 3.21. The van der Waals surface area contributed by atoms with E-state index in [-0.39, 0.29) is 11.9 Å². The number of nitrogens with zero attached hydrogens (tertiary/aromatic N) is 2. The van der Waals surface area contributed by atoms with E-state index in [0.29, 0.717) is 0 Å². The number of hydrogen-bond donors (Lipinski definition) is 2. The molecule has 1 aromatic carbocycles. The van der Waals surface area contributed by atoms with Gasteiger partial charge in [0.2, 0.25) is 0 Å². The average Bonchev–Trinajstić information content (AvgIpc) is 2.89. The first-order chi connectivity index (χ1) is 9.22. The highest BCUT2D eigenvalue weighted by Gasteiger charge is 2.19. The van der Waals surface area contributed by atoms with Crippen LogP contribution in [0, 0.1) is 5.82 Å². The van der Waals surface area contributed by atoms with E-state index in [1.165, 1.54) is 12.1 Å². The van der Waals surface area contributed by atoms with Gasteiger partial charge in [-0.05, 0) is 42.7 Å². The first-order valence-corrected chi connectivity index (χ1v) is 6.54. The molecule has 0 saturated carbocycles. The van der Waals surface area contributed by atoms with Crippen molar-refractivity contribution in [3.8, 4) is 11.3 Å². The van der Waals surface area contributed by atoms with Gasteiger partial charge in [-0.1, -0.05) is 0 Å². The molecule has 0 radical (unpaired) electrons. The monoisotopic (exact) mass is 260 g/mol. The van der Waals surface area contributed by atoms with Crippen molar-refractivity contribution in [2.75, 3.05) is 18.0 Å². The number of piperidine rings is 1. The molecule has 0 spiro atoms. The summed E-state index contributed by atoms with van der Waals surface area (Å²) in [7, 11) is 0. The van der Waals surface area contributed by atoms with Crippen molar-refractivity contribution in [1.29, 1.82) is 0 Å². The third-order valence-electron chi connectivity index (χ3n) is 3.50. The second kappa shape index (κ2) is 5.01. The van der Waals surface area contributed by atoms with Crippen LogP contribution in [0.15, 0.2) is 30.3 Å². The van der Waals surface area contributed by atoms with E-state index < -0.39 is 0 Å². The van der Waals surface area contributed by atoms with Crippen LogP contribution in [0.5, 0.6) is 0 Å². The van der Waals surface area contributed by atoms with Gasteiger partial charge in [0.15, 0.2) is 5.82 Å². The molecule has 1 fully saturated rings. The number of aromatic amines is 1. The molecule has 0 bridgehead atoms. The van der Waals surface area contributed by atoms with Gasteiger partial charge in [0, 0.05) is 25.2 Å². The molecule has 3 N–H and O–H groups in total. The predicted molar refractivity (Wildman–Crippen MR) is 73.4 cm³/mol. The Hall–Kier alpha value is -1.88. The normalized spacial score (nSPS) is 19.7. The fourth-order valence-electron chi connectivity index (χ4n) is 2.47. The van der Waals surface area contributed by atoms with Crippen LogP contribution in [0.2, 0.25) is 0 Å². The topological polar surface area (TPSA) is 57.9 Å². The molecule has 100 valence electrons. The molecule has 19 heavy (non-hydrogen) atoms. The summed E-state index contributed by atoms with van der Waals surface area (Å²) in [4.78, 5) is 2.19. The minimum Gasteiger partial charge on any atom is -0.354 e. The number of hydrogen-bond acceptors (Lipinski definition) is 3. The maximum Gasteiger partial charge on any atom is 0.151 e. The lowest BCUT2D eigenvalue weighted by Crippen LogP contribution is -2.43. The average molecular weight is 260 g/mol. The van der Waals surface area contributed by atoms with E-state index in [2.05, 4.69) is 15.1 Å². The molecule has 2 heterocycles. The predicted octanol–water partition coefficient (Wildman–Crippen LogP) is 2.14. The molecular weight excluding hydrogens is 243 g/mol.